The van der Waals surface area contributed by atoms with Crippen molar-refractivity contribution in [1.29, 1.82) is 0 Å². The number of benzene rings is 1. The second-order valence-electron chi connectivity index (χ2n) is 6.26. The van der Waals surface area contributed by atoms with Crippen molar-refractivity contribution in [2.45, 2.75) is 45.8 Å². The zero-order valence-corrected chi connectivity index (χ0v) is 15.5. The smallest absolute Gasteiger partial charge is 0.407 e. The van der Waals surface area contributed by atoms with Gasteiger partial charge in [0.05, 0.1) is 11.1 Å². The standard InChI is InChI=1S/C16H21Cl2FN2O3/c1-9(10-7-13(19)12(18)8-11(10)17)21-14(22)5-6-20-15(23)24-16(2,3)4/h7-9H,5-6H2,1-4H3,(H,20,23)(H,21,22)/t9-/m1/s1. The molecule has 0 aliphatic rings. The molecule has 0 bridgehead atoms. The maximum Gasteiger partial charge on any atom is 0.407 e. The Labute approximate surface area is 150 Å². The second-order valence-corrected chi connectivity index (χ2v) is 7.07. The molecule has 0 fully saturated rings. The summed E-state index contributed by atoms with van der Waals surface area (Å²) >= 11 is 11.7. The van der Waals surface area contributed by atoms with Crippen molar-refractivity contribution in [3.63, 3.8) is 0 Å². The van der Waals surface area contributed by atoms with E-state index in [-0.39, 0.29) is 28.9 Å². The van der Waals surface area contributed by atoms with Crippen LogP contribution in [0.2, 0.25) is 10.0 Å². The van der Waals surface area contributed by atoms with Gasteiger partial charge < -0.3 is 15.4 Å². The van der Waals surface area contributed by atoms with Crippen molar-refractivity contribution in [1.82, 2.24) is 10.6 Å². The SMILES string of the molecule is C[C@@H](NC(=O)CCNC(=O)OC(C)(C)C)c1cc(F)c(Cl)cc1Cl. The van der Waals surface area contributed by atoms with E-state index in [0.717, 1.165) is 0 Å². The Balaban J connectivity index is 2.48. The minimum Gasteiger partial charge on any atom is -0.444 e. The van der Waals surface area contributed by atoms with Crippen LogP contribution in [-0.2, 0) is 9.53 Å². The van der Waals surface area contributed by atoms with Gasteiger partial charge >= 0.3 is 6.09 Å². The maximum absolute atomic E-state index is 13.5. The Morgan fingerprint density at radius 2 is 1.88 bits per heavy atom. The first-order valence-corrected chi connectivity index (χ1v) is 8.16. The first-order chi connectivity index (χ1) is 11.0. The second kappa shape index (κ2) is 8.53. The molecule has 0 saturated carbocycles. The van der Waals surface area contributed by atoms with E-state index < -0.39 is 23.6 Å². The zero-order valence-electron chi connectivity index (χ0n) is 14.0. The van der Waals surface area contributed by atoms with Crippen molar-refractivity contribution >= 4 is 35.2 Å². The molecule has 5 nitrogen and oxygen atoms in total. The lowest BCUT2D eigenvalue weighted by Gasteiger charge is -2.20. The van der Waals surface area contributed by atoms with E-state index in [1.54, 1.807) is 27.7 Å². The molecule has 0 unspecified atom stereocenters. The Bertz CT molecular complexity index is 618. The molecule has 8 heteroatoms. The van der Waals surface area contributed by atoms with Crippen molar-refractivity contribution in [2.75, 3.05) is 6.54 Å². The van der Waals surface area contributed by atoms with Gasteiger partial charge in [-0.2, -0.15) is 0 Å². The molecule has 0 spiro atoms. The van der Waals surface area contributed by atoms with Gasteiger partial charge in [0, 0.05) is 18.0 Å². The van der Waals surface area contributed by atoms with E-state index in [4.69, 9.17) is 27.9 Å². The van der Waals surface area contributed by atoms with Gasteiger partial charge in [0.15, 0.2) is 0 Å². The highest BCUT2D eigenvalue weighted by atomic mass is 35.5. The number of ether oxygens (including phenoxy) is 1. The van der Waals surface area contributed by atoms with Crippen LogP contribution in [-0.4, -0.2) is 24.1 Å². The van der Waals surface area contributed by atoms with Gasteiger partial charge in [0.1, 0.15) is 11.4 Å². The molecule has 0 aliphatic heterocycles. The quantitative estimate of drug-likeness (QED) is 0.753. The van der Waals surface area contributed by atoms with E-state index in [9.17, 15) is 14.0 Å². The van der Waals surface area contributed by atoms with Gasteiger partial charge in [-0.1, -0.05) is 23.2 Å². The van der Waals surface area contributed by atoms with E-state index >= 15 is 0 Å². The summed E-state index contributed by atoms with van der Waals surface area (Å²) in [6.07, 6.45) is -0.539. The van der Waals surface area contributed by atoms with Crippen LogP contribution in [0.25, 0.3) is 0 Å². The predicted molar refractivity (Wildman–Crippen MR) is 91.8 cm³/mol. The van der Waals surface area contributed by atoms with Crippen molar-refractivity contribution in [3.8, 4) is 0 Å². The van der Waals surface area contributed by atoms with E-state index in [1.807, 2.05) is 0 Å². The lowest BCUT2D eigenvalue weighted by Crippen LogP contribution is -2.35. The highest BCUT2D eigenvalue weighted by Gasteiger charge is 2.17. The first-order valence-electron chi connectivity index (χ1n) is 7.40. The molecule has 1 aromatic carbocycles. The average Bonchev–Trinajstić information content (AvgIpc) is 2.40. The summed E-state index contributed by atoms with van der Waals surface area (Å²) < 4.78 is 18.6. The molecule has 1 atom stereocenters. The van der Waals surface area contributed by atoms with Crippen molar-refractivity contribution < 1.29 is 18.7 Å². The normalized spacial score (nSPS) is 12.5. The third-order valence-corrected chi connectivity index (χ3v) is 3.52. The number of hydrogen-bond acceptors (Lipinski definition) is 3. The monoisotopic (exact) mass is 378 g/mol. The summed E-state index contributed by atoms with van der Waals surface area (Å²) in [6, 6.07) is 1.98. The summed E-state index contributed by atoms with van der Waals surface area (Å²) in [4.78, 5) is 23.4. The summed E-state index contributed by atoms with van der Waals surface area (Å²) in [5.74, 6) is -0.922. The van der Waals surface area contributed by atoms with Crippen LogP contribution < -0.4 is 10.6 Å². The van der Waals surface area contributed by atoms with Crippen LogP contribution in [0.15, 0.2) is 12.1 Å². The summed E-state index contributed by atoms with van der Waals surface area (Å²) in [7, 11) is 0. The maximum atomic E-state index is 13.5. The van der Waals surface area contributed by atoms with Crippen LogP contribution in [0.1, 0.15) is 45.7 Å². The highest BCUT2D eigenvalue weighted by Crippen LogP contribution is 2.28. The molecule has 0 saturated heterocycles. The lowest BCUT2D eigenvalue weighted by molar-refractivity contribution is -0.121. The van der Waals surface area contributed by atoms with Gasteiger partial charge in [-0.05, 0) is 45.4 Å². The fourth-order valence-corrected chi connectivity index (χ4v) is 2.40. The number of carbonyl (C=O) groups excluding carboxylic acids is 2. The van der Waals surface area contributed by atoms with Crippen LogP contribution in [0.4, 0.5) is 9.18 Å². The van der Waals surface area contributed by atoms with E-state index in [2.05, 4.69) is 10.6 Å². The van der Waals surface area contributed by atoms with Gasteiger partial charge in [-0.15, -0.1) is 0 Å². The van der Waals surface area contributed by atoms with Gasteiger partial charge in [-0.3, -0.25) is 4.79 Å². The van der Waals surface area contributed by atoms with Crippen molar-refractivity contribution in [2.24, 2.45) is 0 Å². The Kier molecular flexibility index (Phi) is 7.29. The predicted octanol–water partition coefficient (Wildman–Crippen LogP) is 4.22. The number of nitrogens with one attached hydrogen (secondary N) is 2. The molecule has 0 aromatic heterocycles. The number of hydrogen-bond donors (Lipinski definition) is 2. The third kappa shape index (κ3) is 6.93. The van der Waals surface area contributed by atoms with Crippen LogP contribution in [0.3, 0.4) is 0 Å². The fourth-order valence-electron chi connectivity index (χ4n) is 1.85. The van der Waals surface area contributed by atoms with Crippen molar-refractivity contribution in [3.05, 3.63) is 33.6 Å². The largest absolute Gasteiger partial charge is 0.444 e. The summed E-state index contributed by atoms with van der Waals surface area (Å²) in [6.45, 7) is 7.03. The summed E-state index contributed by atoms with van der Waals surface area (Å²) in [5, 5.41) is 5.35. The first kappa shape index (κ1) is 20.5. The Hall–Kier alpha value is -1.53. The molecule has 24 heavy (non-hydrogen) atoms. The minimum atomic E-state index is -0.608. The third-order valence-electron chi connectivity index (χ3n) is 2.90. The molecule has 1 aromatic rings. The molecule has 0 radical (unpaired) electrons. The molecule has 0 aliphatic carbocycles. The summed E-state index contributed by atoms with van der Waals surface area (Å²) in [5.41, 5.74) is -0.178. The van der Waals surface area contributed by atoms with E-state index in [0.29, 0.717) is 5.56 Å². The zero-order chi connectivity index (χ0) is 18.5. The lowest BCUT2D eigenvalue weighted by atomic mass is 10.1. The van der Waals surface area contributed by atoms with E-state index in [1.165, 1.54) is 12.1 Å². The van der Waals surface area contributed by atoms with Crippen LogP contribution in [0, 0.1) is 5.82 Å². The van der Waals surface area contributed by atoms with Crippen LogP contribution in [0.5, 0.6) is 0 Å². The van der Waals surface area contributed by atoms with Gasteiger partial charge in [0.25, 0.3) is 0 Å². The molecule has 1 rings (SSSR count). The molecule has 134 valence electrons. The van der Waals surface area contributed by atoms with Gasteiger partial charge in [-0.25, -0.2) is 9.18 Å². The molecule has 2 N–H and O–H groups in total. The molecule has 2 amide bonds. The Morgan fingerprint density at radius 1 is 1.25 bits per heavy atom. The molecule has 0 heterocycles. The highest BCUT2D eigenvalue weighted by molar-refractivity contribution is 6.35. The molecular formula is C16H21Cl2FN2O3. The Morgan fingerprint density at radius 3 is 2.46 bits per heavy atom. The topological polar surface area (TPSA) is 67.4 Å². The van der Waals surface area contributed by atoms with Crippen LogP contribution >= 0.6 is 23.2 Å². The number of amides is 2. The number of carbonyl (C=O) groups is 2. The number of rotatable bonds is 5. The average molecular weight is 379 g/mol. The molecular weight excluding hydrogens is 358 g/mol. The fraction of sp³-hybridized carbons (Fsp3) is 0.500. The number of alkyl carbamates (subject to hydrolysis) is 1. The minimum absolute atomic E-state index is 0.0529. The number of halogens is 3. The van der Waals surface area contributed by atoms with Gasteiger partial charge in [0.2, 0.25) is 5.91 Å².